The van der Waals surface area contributed by atoms with Gasteiger partial charge in [-0.1, -0.05) is 39.0 Å². The van der Waals surface area contributed by atoms with Gasteiger partial charge in [0, 0.05) is 34.1 Å². The lowest BCUT2D eigenvalue weighted by molar-refractivity contribution is 0.0581. The van der Waals surface area contributed by atoms with Gasteiger partial charge in [-0.05, 0) is 24.0 Å². The number of thiazole rings is 1. The Morgan fingerprint density at radius 3 is 2.64 bits per heavy atom. The van der Waals surface area contributed by atoms with Crippen LogP contribution in [-0.2, 0) is 4.74 Å². The molecular formula is C19H23N3O2S. The molecule has 3 rings (SSSR count). The third kappa shape index (κ3) is 3.54. The van der Waals surface area contributed by atoms with Gasteiger partial charge < -0.3 is 15.5 Å². The van der Waals surface area contributed by atoms with E-state index in [0.717, 1.165) is 27.2 Å². The van der Waals surface area contributed by atoms with Crippen molar-refractivity contribution in [1.29, 1.82) is 0 Å². The van der Waals surface area contributed by atoms with Crippen molar-refractivity contribution in [2.45, 2.75) is 39.7 Å². The average Bonchev–Trinajstić information content (AvgIpc) is 3.12. The van der Waals surface area contributed by atoms with Gasteiger partial charge in [0.2, 0.25) is 0 Å². The van der Waals surface area contributed by atoms with E-state index >= 15 is 0 Å². The second-order valence-corrected chi connectivity index (χ2v) is 8.21. The quantitative estimate of drug-likeness (QED) is 0.697. The molecule has 2 atom stereocenters. The van der Waals surface area contributed by atoms with Gasteiger partial charge in [0.25, 0.3) is 0 Å². The molecule has 0 aliphatic carbocycles. The van der Waals surface area contributed by atoms with E-state index in [9.17, 15) is 4.79 Å². The number of nitrogens with one attached hydrogen (secondary N) is 1. The van der Waals surface area contributed by atoms with Crippen LogP contribution in [0.5, 0.6) is 0 Å². The summed E-state index contributed by atoms with van der Waals surface area (Å²) < 4.78 is 5.58. The lowest BCUT2D eigenvalue weighted by Gasteiger charge is -2.35. The molecule has 2 aromatic heterocycles. The predicted molar refractivity (Wildman–Crippen MR) is 101 cm³/mol. The van der Waals surface area contributed by atoms with Gasteiger partial charge in [-0.3, -0.25) is 0 Å². The van der Waals surface area contributed by atoms with Crippen molar-refractivity contribution < 1.29 is 9.53 Å². The summed E-state index contributed by atoms with van der Waals surface area (Å²) in [6, 6.07) is 8.12. The highest BCUT2D eigenvalue weighted by atomic mass is 32.1. The Morgan fingerprint density at radius 2 is 2.04 bits per heavy atom. The first-order valence-electron chi connectivity index (χ1n) is 8.21. The van der Waals surface area contributed by atoms with Crippen LogP contribution in [0.25, 0.3) is 10.9 Å². The van der Waals surface area contributed by atoms with Crippen molar-refractivity contribution >= 4 is 28.3 Å². The number of rotatable bonds is 4. The first kappa shape index (κ1) is 17.5. The van der Waals surface area contributed by atoms with Crippen molar-refractivity contribution in [3.8, 4) is 0 Å². The van der Waals surface area contributed by atoms with E-state index in [2.05, 4.69) is 36.8 Å². The molecule has 5 nitrogen and oxygen atoms in total. The number of aromatic nitrogens is 2. The highest BCUT2D eigenvalue weighted by Gasteiger charge is 2.39. The number of hydrogen-bond donors (Lipinski definition) is 2. The second-order valence-electron chi connectivity index (χ2n) is 7.32. The molecule has 6 heteroatoms. The summed E-state index contributed by atoms with van der Waals surface area (Å²) in [5, 5.41) is 3.84. The van der Waals surface area contributed by atoms with Crippen LogP contribution in [0.1, 0.15) is 49.1 Å². The van der Waals surface area contributed by atoms with Crippen LogP contribution in [0, 0.1) is 12.3 Å². The van der Waals surface area contributed by atoms with E-state index in [4.69, 9.17) is 10.5 Å². The van der Waals surface area contributed by atoms with Crippen LogP contribution in [0.15, 0.2) is 35.8 Å². The van der Waals surface area contributed by atoms with Crippen molar-refractivity contribution in [3.63, 3.8) is 0 Å². The maximum absolute atomic E-state index is 11.6. The van der Waals surface area contributed by atoms with Crippen LogP contribution in [0.2, 0.25) is 0 Å². The maximum atomic E-state index is 11.6. The highest BCUT2D eigenvalue weighted by Crippen LogP contribution is 2.48. The number of aryl methyl sites for hydroxylation is 1. The molecule has 0 saturated carbocycles. The van der Waals surface area contributed by atoms with Crippen LogP contribution in [0.4, 0.5) is 4.79 Å². The third-order valence-corrected chi connectivity index (χ3v) is 5.34. The van der Waals surface area contributed by atoms with Crippen molar-refractivity contribution in [2.75, 3.05) is 0 Å². The third-order valence-electron chi connectivity index (χ3n) is 4.32. The lowest BCUT2D eigenvalue weighted by atomic mass is 9.73. The molecule has 0 aliphatic rings. The molecule has 3 N–H and O–H groups in total. The van der Waals surface area contributed by atoms with Gasteiger partial charge in [0.15, 0.2) is 6.10 Å². The summed E-state index contributed by atoms with van der Waals surface area (Å²) >= 11 is 1.49. The SMILES string of the molecule is Cc1csc([C@H](OC(N)=O)C(c2c[nH]c3ccccc23)C(C)(C)C)n1. The molecule has 1 aromatic carbocycles. The average molecular weight is 357 g/mol. The van der Waals surface area contributed by atoms with E-state index in [1.807, 2.05) is 36.7 Å². The minimum atomic E-state index is -0.785. The number of amides is 1. The first-order valence-corrected chi connectivity index (χ1v) is 9.09. The molecule has 0 fully saturated rings. The zero-order chi connectivity index (χ0) is 18.2. The zero-order valence-corrected chi connectivity index (χ0v) is 15.7. The summed E-state index contributed by atoms with van der Waals surface area (Å²) in [4.78, 5) is 19.5. The monoisotopic (exact) mass is 357 g/mol. The normalized spacial score (nSPS) is 14.4. The molecule has 3 aromatic rings. The molecule has 1 amide bonds. The number of carbonyl (C=O) groups is 1. The van der Waals surface area contributed by atoms with Crippen LogP contribution < -0.4 is 5.73 Å². The molecule has 0 spiro atoms. The summed E-state index contributed by atoms with van der Waals surface area (Å²) in [6.45, 7) is 8.34. The predicted octanol–water partition coefficient (Wildman–Crippen LogP) is 4.90. The molecule has 0 aliphatic heterocycles. The summed E-state index contributed by atoms with van der Waals surface area (Å²) in [6.07, 6.45) is 0.681. The topological polar surface area (TPSA) is 81.0 Å². The molecule has 25 heavy (non-hydrogen) atoms. The Morgan fingerprint density at radius 1 is 1.32 bits per heavy atom. The van der Waals surface area contributed by atoms with Crippen LogP contribution in [0.3, 0.4) is 0 Å². The Bertz CT molecular complexity index is 891. The molecule has 0 saturated heterocycles. The van der Waals surface area contributed by atoms with E-state index in [1.54, 1.807) is 0 Å². The number of fused-ring (bicyclic) bond motifs is 1. The number of ether oxygens (including phenoxy) is 1. The van der Waals surface area contributed by atoms with Gasteiger partial charge >= 0.3 is 6.09 Å². The lowest BCUT2D eigenvalue weighted by Crippen LogP contribution is -2.30. The van der Waals surface area contributed by atoms with E-state index in [0.29, 0.717) is 0 Å². The summed E-state index contributed by atoms with van der Waals surface area (Å²) in [5.74, 6) is -0.0956. The number of H-pyrrole nitrogens is 1. The molecule has 132 valence electrons. The van der Waals surface area contributed by atoms with Gasteiger partial charge in [0.1, 0.15) is 5.01 Å². The second kappa shape index (κ2) is 6.52. The minimum absolute atomic E-state index is 0.0956. The number of carbonyl (C=O) groups excluding carboxylic acids is 1. The Balaban J connectivity index is 2.17. The number of para-hydroxylation sites is 1. The van der Waals surface area contributed by atoms with Crippen LogP contribution >= 0.6 is 11.3 Å². The Kier molecular flexibility index (Phi) is 4.56. The fraction of sp³-hybridized carbons (Fsp3) is 0.368. The molecule has 2 heterocycles. The summed E-state index contributed by atoms with van der Waals surface area (Å²) in [5.41, 5.74) is 8.28. The van der Waals surface area contributed by atoms with E-state index in [1.165, 1.54) is 11.3 Å². The largest absolute Gasteiger partial charge is 0.438 e. The Hall–Kier alpha value is -2.34. The zero-order valence-electron chi connectivity index (χ0n) is 14.9. The highest BCUT2D eigenvalue weighted by molar-refractivity contribution is 7.09. The first-order chi connectivity index (χ1) is 11.8. The number of hydrogen-bond acceptors (Lipinski definition) is 4. The molecule has 0 radical (unpaired) electrons. The van der Waals surface area contributed by atoms with Crippen LogP contribution in [-0.4, -0.2) is 16.1 Å². The van der Waals surface area contributed by atoms with Gasteiger partial charge in [0.05, 0.1) is 0 Å². The van der Waals surface area contributed by atoms with Crippen molar-refractivity contribution in [3.05, 3.63) is 52.1 Å². The van der Waals surface area contributed by atoms with E-state index in [-0.39, 0.29) is 11.3 Å². The minimum Gasteiger partial charge on any atom is -0.438 e. The fourth-order valence-corrected chi connectivity index (χ4v) is 4.18. The molecule has 0 bridgehead atoms. The van der Waals surface area contributed by atoms with Gasteiger partial charge in [-0.2, -0.15) is 0 Å². The molecule has 1 unspecified atom stereocenters. The van der Waals surface area contributed by atoms with Gasteiger partial charge in [-0.15, -0.1) is 11.3 Å². The number of nitrogens with zero attached hydrogens (tertiary/aromatic N) is 1. The van der Waals surface area contributed by atoms with Crippen molar-refractivity contribution in [2.24, 2.45) is 11.1 Å². The standard InChI is InChI=1S/C19H23N3O2S/c1-11-10-25-17(22-11)16(24-18(20)23)15(19(2,3)4)13-9-21-14-8-6-5-7-12(13)14/h5-10,15-16,21H,1-4H3,(H2,20,23)/t15?,16-/m1/s1. The summed E-state index contributed by atoms with van der Waals surface area (Å²) in [7, 11) is 0. The smallest absolute Gasteiger partial charge is 0.405 e. The van der Waals surface area contributed by atoms with Crippen molar-refractivity contribution in [1.82, 2.24) is 9.97 Å². The number of nitrogens with two attached hydrogens (primary N) is 1. The molecular weight excluding hydrogens is 334 g/mol. The van der Waals surface area contributed by atoms with E-state index < -0.39 is 12.2 Å². The number of benzene rings is 1. The Labute approximate surface area is 151 Å². The maximum Gasteiger partial charge on any atom is 0.405 e. The van der Waals surface area contributed by atoms with Gasteiger partial charge in [-0.25, -0.2) is 9.78 Å². The number of primary amides is 1. The number of aromatic amines is 1. The fourth-order valence-electron chi connectivity index (χ4n) is 3.32.